The summed E-state index contributed by atoms with van der Waals surface area (Å²) in [5, 5.41) is 2.99. The van der Waals surface area contributed by atoms with Crippen molar-refractivity contribution in [3.63, 3.8) is 0 Å². The molecule has 39 heavy (non-hydrogen) atoms. The Morgan fingerprint density at radius 3 is 2.36 bits per heavy atom. The van der Waals surface area contributed by atoms with Crippen molar-refractivity contribution in [1.82, 2.24) is 10.2 Å². The minimum Gasteiger partial charge on any atom is -0.449 e. The summed E-state index contributed by atoms with van der Waals surface area (Å²) in [6.07, 6.45) is 4.80. The number of carbonyl (C=O) groups excluding carboxylic acids is 2. The second-order valence-electron chi connectivity index (χ2n) is 9.63. The molecule has 0 aromatic heterocycles. The van der Waals surface area contributed by atoms with Gasteiger partial charge in [-0.15, -0.1) is 0 Å². The summed E-state index contributed by atoms with van der Waals surface area (Å²) in [4.78, 5) is 30.0. The summed E-state index contributed by atoms with van der Waals surface area (Å²) in [7, 11) is 0. The molecule has 3 aromatic carbocycles. The standard InChI is InChI=1S/C32H36FN3O3/c1-3-19-35(20-4-2)21-9-18-34-31(37)25-16-14-24(15-17-25)22-30-32(38)36(23-26-10-5-6-11-27(26)33)28-12-7-8-13-29(28)39-30/h5-8,10-17,22H,3-4,9,18-21,23H2,1-2H3,(H,34,37). The highest BCUT2D eigenvalue weighted by Crippen LogP contribution is 2.36. The number of fused-ring (bicyclic) bond motifs is 1. The molecule has 204 valence electrons. The molecule has 0 atom stereocenters. The molecule has 2 amide bonds. The van der Waals surface area contributed by atoms with Gasteiger partial charge in [0.25, 0.3) is 11.8 Å². The van der Waals surface area contributed by atoms with E-state index in [4.69, 9.17) is 4.74 Å². The maximum atomic E-state index is 14.4. The SMILES string of the molecule is CCCN(CCC)CCCNC(=O)c1ccc(C=C2Oc3ccccc3N(Cc3ccccc3F)C2=O)cc1. The van der Waals surface area contributed by atoms with Gasteiger partial charge in [0.1, 0.15) is 5.82 Å². The Kier molecular flexibility index (Phi) is 9.86. The van der Waals surface area contributed by atoms with Gasteiger partial charge in [0.15, 0.2) is 11.5 Å². The second-order valence-corrected chi connectivity index (χ2v) is 9.63. The van der Waals surface area contributed by atoms with Crippen LogP contribution in [0.15, 0.2) is 78.6 Å². The van der Waals surface area contributed by atoms with Crippen molar-refractivity contribution in [3.8, 4) is 5.75 Å². The van der Waals surface area contributed by atoms with Gasteiger partial charge in [0.05, 0.1) is 12.2 Å². The first-order valence-electron chi connectivity index (χ1n) is 13.6. The Labute approximate surface area is 230 Å². The summed E-state index contributed by atoms with van der Waals surface area (Å²) in [6.45, 7) is 8.20. The van der Waals surface area contributed by atoms with Gasteiger partial charge < -0.3 is 15.0 Å². The first-order chi connectivity index (χ1) is 19.0. The molecule has 1 heterocycles. The minimum absolute atomic E-state index is 0.0803. The largest absolute Gasteiger partial charge is 0.449 e. The number of nitrogens with zero attached hydrogens (tertiary/aromatic N) is 2. The van der Waals surface area contributed by atoms with Gasteiger partial charge in [-0.1, -0.05) is 56.3 Å². The molecule has 0 spiro atoms. The molecule has 1 N–H and O–H groups in total. The number of hydrogen-bond donors (Lipinski definition) is 1. The molecule has 1 aliphatic rings. The van der Waals surface area contributed by atoms with Crippen LogP contribution in [0, 0.1) is 5.82 Å². The van der Waals surface area contributed by atoms with E-state index in [0.717, 1.165) is 44.5 Å². The summed E-state index contributed by atoms with van der Waals surface area (Å²) in [5.41, 5.74) is 2.27. The Bertz CT molecular complexity index is 1300. The van der Waals surface area contributed by atoms with E-state index in [2.05, 4.69) is 24.1 Å². The van der Waals surface area contributed by atoms with Gasteiger partial charge in [0.2, 0.25) is 0 Å². The molecule has 0 unspecified atom stereocenters. The lowest BCUT2D eigenvalue weighted by molar-refractivity contribution is -0.117. The van der Waals surface area contributed by atoms with Crippen LogP contribution in [0.5, 0.6) is 5.75 Å². The zero-order chi connectivity index (χ0) is 27.6. The van der Waals surface area contributed by atoms with Crippen LogP contribution in [0.25, 0.3) is 6.08 Å². The lowest BCUT2D eigenvalue weighted by Crippen LogP contribution is -2.37. The first kappa shape index (κ1) is 28.0. The van der Waals surface area contributed by atoms with E-state index in [9.17, 15) is 14.0 Å². The number of para-hydroxylation sites is 2. The molecule has 0 aliphatic carbocycles. The van der Waals surface area contributed by atoms with Crippen molar-refractivity contribution in [2.75, 3.05) is 31.1 Å². The predicted molar refractivity (Wildman–Crippen MR) is 153 cm³/mol. The molecular formula is C32H36FN3O3. The van der Waals surface area contributed by atoms with Gasteiger partial charge >= 0.3 is 0 Å². The third-order valence-corrected chi connectivity index (χ3v) is 6.61. The van der Waals surface area contributed by atoms with Gasteiger partial charge in [-0.2, -0.15) is 0 Å². The number of amides is 2. The number of anilines is 1. The van der Waals surface area contributed by atoms with Crippen LogP contribution in [0.3, 0.4) is 0 Å². The quantitative estimate of drug-likeness (QED) is 0.230. The third kappa shape index (κ3) is 7.33. The zero-order valence-corrected chi connectivity index (χ0v) is 22.7. The average molecular weight is 530 g/mol. The number of rotatable bonds is 12. The van der Waals surface area contributed by atoms with Crippen LogP contribution in [0.2, 0.25) is 0 Å². The Morgan fingerprint density at radius 2 is 1.64 bits per heavy atom. The molecule has 4 rings (SSSR count). The number of benzene rings is 3. The third-order valence-electron chi connectivity index (χ3n) is 6.61. The van der Waals surface area contributed by atoms with E-state index in [1.54, 1.807) is 60.7 Å². The van der Waals surface area contributed by atoms with Crippen LogP contribution in [-0.2, 0) is 11.3 Å². The van der Waals surface area contributed by atoms with Crippen molar-refractivity contribution in [2.45, 2.75) is 39.7 Å². The van der Waals surface area contributed by atoms with Gasteiger partial charge in [-0.3, -0.25) is 14.5 Å². The molecule has 1 aliphatic heterocycles. The average Bonchev–Trinajstić information content (AvgIpc) is 2.95. The van der Waals surface area contributed by atoms with Crippen LogP contribution in [0.1, 0.15) is 54.6 Å². The maximum Gasteiger partial charge on any atom is 0.294 e. The molecular weight excluding hydrogens is 493 g/mol. The molecule has 0 saturated heterocycles. The van der Waals surface area contributed by atoms with Gasteiger partial charge in [0, 0.05) is 17.7 Å². The Hall–Kier alpha value is -3.97. The summed E-state index contributed by atoms with van der Waals surface area (Å²) in [5.74, 6) is -0.202. The van der Waals surface area contributed by atoms with Crippen LogP contribution < -0.4 is 15.0 Å². The normalized spacial score (nSPS) is 13.9. The number of ether oxygens (including phenoxy) is 1. The first-order valence-corrected chi connectivity index (χ1v) is 13.6. The number of nitrogens with one attached hydrogen (secondary N) is 1. The van der Waals surface area contributed by atoms with Gasteiger partial charge in [-0.05, 0) is 80.9 Å². The topological polar surface area (TPSA) is 61.9 Å². The van der Waals surface area contributed by atoms with Crippen molar-refractivity contribution in [3.05, 3.63) is 101 Å². The number of hydrogen-bond acceptors (Lipinski definition) is 4. The summed E-state index contributed by atoms with van der Waals surface area (Å²) in [6, 6.07) is 20.7. The van der Waals surface area contributed by atoms with E-state index in [1.807, 2.05) is 12.1 Å². The predicted octanol–water partition coefficient (Wildman–Crippen LogP) is 6.03. The molecule has 0 radical (unpaired) electrons. The van der Waals surface area contributed by atoms with E-state index >= 15 is 0 Å². The second kappa shape index (κ2) is 13.7. The summed E-state index contributed by atoms with van der Waals surface area (Å²) < 4.78 is 20.3. The van der Waals surface area contributed by atoms with E-state index in [1.165, 1.54) is 11.0 Å². The molecule has 0 bridgehead atoms. The Balaban J connectivity index is 1.42. The lowest BCUT2D eigenvalue weighted by atomic mass is 10.1. The van der Waals surface area contributed by atoms with Crippen molar-refractivity contribution in [2.24, 2.45) is 0 Å². The highest BCUT2D eigenvalue weighted by molar-refractivity contribution is 6.09. The zero-order valence-electron chi connectivity index (χ0n) is 22.7. The summed E-state index contributed by atoms with van der Waals surface area (Å²) >= 11 is 0. The monoisotopic (exact) mass is 529 g/mol. The van der Waals surface area contributed by atoms with Crippen molar-refractivity contribution < 1.29 is 18.7 Å². The molecule has 0 saturated carbocycles. The van der Waals surface area contributed by atoms with Crippen LogP contribution in [-0.4, -0.2) is 42.9 Å². The molecule has 6 nitrogen and oxygen atoms in total. The molecule has 3 aromatic rings. The van der Waals surface area contributed by atoms with Crippen molar-refractivity contribution in [1.29, 1.82) is 0 Å². The molecule has 0 fully saturated rings. The van der Waals surface area contributed by atoms with Crippen LogP contribution >= 0.6 is 0 Å². The Morgan fingerprint density at radius 1 is 0.949 bits per heavy atom. The lowest BCUT2D eigenvalue weighted by Gasteiger charge is -2.30. The highest BCUT2D eigenvalue weighted by Gasteiger charge is 2.30. The fraction of sp³-hybridized carbons (Fsp3) is 0.312. The van der Waals surface area contributed by atoms with E-state index < -0.39 is 0 Å². The molecule has 7 heteroatoms. The van der Waals surface area contributed by atoms with E-state index in [-0.39, 0.29) is 29.9 Å². The number of halogens is 1. The number of carbonyl (C=O) groups is 2. The van der Waals surface area contributed by atoms with Gasteiger partial charge in [-0.25, -0.2) is 4.39 Å². The van der Waals surface area contributed by atoms with Crippen molar-refractivity contribution >= 4 is 23.6 Å². The smallest absolute Gasteiger partial charge is 0.294 e. The fourth-order valence-corrected chi connectivity index (χ4v) is 4.67. The fourth-order valence-electron chi connectivity index (χ4n) is 4.67. The maximum absolute atomic E-state index is 14.4. The van der Waals surface area contributed by atoms with E-state index in [0.29, 0.717) is 29.1 Å². The highest BCUT2D eigenvalue weighted by atomic mass is 19.1. The van der Waals surface area contributed by atoms with Crippen LogP contribution in [0.4, 0.5) is 10.1 Å². The minimum atomic E-state index is -0.368.